The second-order valence-electron chi connectivity index (χ2n) is 11.4. The molecule has 6 aromatic heterocycles. The van der Waals surface area contributed by atoms with Crippen LogP contribution in [0, 0.1) is 0 Å². The molecule has 13 nitrogen and oxygen atoms in total. The van der Waals surface area contributed by atoms with E-state index in [2.05, 4.69) is 64.3 Å². The van der Waals surface area contributed by atoms with Crippen LogP contribution in [0.15, 0.2) is 73.6 Å². The smallest absolute Gasteiger partial charge is 0.177 e. The van der Waals surface area contributed by atoms with Crippen LogP contribution in [-0.4, -0.2) is 106 Å². The van der Waals surface area contributed by atoms with Crippen LogP contribution in [-0.2, 0) is 6.42 Å². The van der Waals surface area contributed by atoms with Crippen molar-refractivity contribution >= 4 is 67.3 Å². The number of imidazole rings is 2. The summed E-state index contributed by atoms with van der Waals surface area (Å²) in [5.74, 6) is 0. The number of para-hydroxylation sites is 4. The number of aromatic nitrogens is 10. The number of benzene rings is 2. The van der Waals surface area contributed by atoms with Crippen LogP contribution in [0.5, 0.6) is 0 Å². The van der Waals surface area contributed by atoms with Crippen molar-refractivity contribution in [2.45, 2.75) is 12.8 Å². The van der Waals surface area contributed by atoms with Crippen LogP contribution in [0.4, 0.5) is 0 Å². The highest BCUT2D eigenvalue weighted by atomic mass is 35.5. The van der Waals surface area contributed by atoms with Gasteiger partial charge in [0.1, 0.15) is 23.7 Å². The van der Waals surface area contributed by atoms with E-state index in [1.54, 1.807) is 18.7 Å². The van der Waals surface area contributed by atoms with E-state index in [1.807, 2.05) is 61.0 Å². The summed E-state index contributed by atoms with van der Waals surface area (Å²) in [4.78, 5) is 39.3. The molecular formula is C33H36ClN13. The van der Waals surface area contributed by atoms with Gasteiger partial charge < -0.3 is 15.5 Å². The summed E-state index contributed by atoms with van der Waals surface area (Å²) in [7, 11) is 8.18. The van der Waals surface area contributed by atoms with Gasteiger partial charge in [0, 0.05) is 13.1 Å². The Hall–Kier alpha value is -4.95. The molecule has 0 saturated heterocycles. The second-order valence-corrected chi connectivity index (χ2v) is 11.8. The summed E-state index contributed by atoms with van der Waals surface area (Å²) in [6, 6.07) is 15.9. The maximum atomic E-state index is 6.16. The van der Waals surface area contributed by atoms with E-state index < -0.39 is 0 Å². The van der Waals surface area contributed by atoms with Gasteiger partial charge in [-0.2, -0.15) is 0 Å². The van der Waals surface area contributed by atoms with E-state index in [0.717, 1.165) is 77.0 Å². The SMILES string of the molecule is CN(C)CCCc1nc2cncnc2n2c1nc1ccccc12.CN(C)CCN.Clc1nc2cncnc2n2c1nc1ccccc12. The normalized spacial score (nSPS) is 11.6. The number of likely N-dealkylation sites (N-methyl/N-ethyl adjacent to an activating group) is 1. The van der Waals surface area contributed by atoms with Gasteiger partial charge in [-0.3, -0.25) is 8.80 Å². The van der Waals surface area contributed by atoms with E-state index in [0.29, 0.717) is 22.0 Å². The molecule has 0 aliphatic heterocycles. The van der Waals surface area contributed by atoms with Gasteiger partial charge >= 0.3 is 0 Å². The first kappa shape index (κ1) is 32.0. The van der Waals surface area contributed by atoms with Crippen LogP contribution in [0.25, 0.3) is 55.7 Å². The average molecular weight is 650 g/mol. The average Bonchev–Trinajstić information content (AvgIpc) is 3.66. The van der Waals surface area contributed by atoms with Gasteiger partial charge in [0.15, 0.2) is 27.7 Å². The van der Waals surface area contributed by atoms with Gasteiger partial charge in [0.25, 0.3) is 0 Å². The maximum absolute atomic E-state index is 6.16. The Morgan fingerprint density at radius 2 is 1.17 bits per heavy atom. The zero-order valence-corrected chi connectivity index (χ0v) is 27.5. The molecule has 8 aromatic rings. The summed E-state index contributed by atoms with van der Waals surface area (Å²) in [5.41, 5.74) is 14.5. The number of rotatable bonds is 6. The van der Waals surface area contributed by atoms with Crippen molar-refractivity contribution in [3.63, 3.8) is 0 Å². The highest BCUT2D eigenvalue weighted by molar-refractivity contribution is 6.32. The lowest BCUT2D eigenvalue weighted by atomic mass is 10.2. The van der Waals surface area contributed by atoms with Crippen molar-refractivity contribution in [3.05, 3.63) is 84.4 Å². The number of nitrogens with two attached hydrogens (primary N) is 1. The standard InChI is InChI=1S/C17H18N6.C12H6ClN5.C4H12N2/c1-22(2)9-5-7-13-17-21-12-6-3-4-8-15(12)23(17)16-14(20-13)10-18-11-19-16;13-10-12-17-7-3-1-2-4-9(7)18(12)11-8(16-10)5-14-6-15-11;1-6(2)4-3-5/h3-4,6,8,10-11H,5,7,9H2,1-2H3;1-6H;3-5H2,1-2H3. The number of halogens is 1. The van der Waals surface area contributed by atoms with Gasteiger partial charge in [-0.05, 0) is 71.8 Å². The van der Waals surface area contributed by atoms with E-state index >= 15 is 0 Å². The quantitative estimate of drug-likeness (QED) is 0.275. The zero-order valence-electron chi connectivity index (χ0n) is 26.8. The first-order valence-electron chi connectivity index (χ1n) is 15.2. The Bertz CT molecular complexity index is 2290. The Balaban J connectivity index is 0.000000143. The van der Waals surface area contributed by atoms with Gasteiger partial charge in [-0.25, -0.2) is 39.9 Å². The molecule has 0 aliphatic carbocycles. The first-order valence-corrected chi connectivity index (χ1v) is 15.6. The van der Waals surface area contributed by atoms with E-state index in [1.165, 1.54) is 6.33 Å². The molecule has 14 heteroatoms. The first-order chi connectivity index (χ1) is 22.9. The largest absolute Gasteiger partial charge is 0.329 e. The monoisotopic (exact) mass is 649 g/mol. The Labute approximate surface area is 276 Å². The molecule has 8 rings (SSSR count). The molecule has 0 bridgehead atoms. The molecule has 0 spiro atoms. The minimum Gasteiger partial charge on any atom is -0.329 e. The fourth-order valence-corrected chi connectivity index (χ4v) is 5.50. The third-order valence-corrected chi connectivity index (χ3v) is 7.66. The number of hydrogen-bond acceptors (Lipinski definition) is 11. The molecule has 0 fully saturated rings. The molecule has 2 N–H and O–H groups in total. The number of fused-ring (bicyclic) bond motifs is 10. The number of hydrogen-bond donors (Lipinski definition) is 1. The van der Waals surface area contributed by atoms with E-state index in [-0.39, 0.29) is 0 Å². The summed E-state index contributed by atoms with van der Waals surface area (Å²) in [6.45, 7) is 2.77. The summed E-state index contributed by atoms with van der Waals surface area (Å²) < 4.78 is 4.01. The van der Waals surface area contributed by atoms with Crippen molar-refractivity contribution in [1.82, 2.24) is 58.5 Å². The Morgan fingerprint density at radius 3 is 1.72 bits per heavy atom. The fraction of sp³-hybridized carbons (Fsp3) is 0.273. The third kappa shape index (κ3) is 6.79. The van der Waals surface area contributed by atoms with Gasteiger partial charge in [-0.1, -0.05) is 35.9 Å². The van der Waals surface area contributed by atoms with Gasteiger partial charge in [0.2, 0.25) is 0 Å². The molecule has 0 saturated carbocycles. The minimum atomic E-state index is 0.355. The third-order valence-electron chi connectivity index (χ3n) is 7.40. The predicted octanol–water partition coefficient (Wildman–Crippen LogP) is 4.31. The molecule has 0 radical (unpaired) electrons. The van der Waals surface area contributed by atoms with Gasteiger partial charge in [0.05, 0.1) is 40.2 Å². The lowest BCUT2D eigenvalue weighted by molar-refractivity contribution is 0.400. The molecule has 0 atom stereocenters. The second kappa shape index (κ2) is 14.2. The van der Waals surface area contributed by atoms with Crippen LogP contribution in [0.1, 0.15) is 12.1 Å². The molecular weight excluding hydrogens is 614 g/mol. The highest BCUT2D eigenvalue weighted by Crippen LogP contribution is 2.25. The molecule has 0 unspecified atom stereocenters. The van der Waals surface area contributed by atoms with Crippen molar-refractivity contribution in [3.8, 4) is 0 Å². The number of aryl methyl sites for hydroxylation is 1. The van der Waals surface area contributed by atoms with Crippen LogP contribution in [0.3, 0.4) is 0 Å². The predicted molar refractivity (Wildman–Crippen MR) is 187 cm³/mol. The van der Waals surface area contributed by atoms with Crippen LogP contribution < -0.4 is 5.73 Å². The molecule has 6 heterocycles. The van der Waals surface area contributed by atoms with Crippen molar-refractivity contribution < 1.29 is 0 Å². The maximum Gasteiger partial charge on any atom is 0.177 e. The lowest BCUT2D eigenvalue weighted by Gasteiger charge is -2.10. The molecule has 240 valence electrons. The molecule has 2 aromatic carbocycles. The van der Waals surface area contributed by atoms with E-state index in [9.17, 15) is 0 Å². The Kier molecular flexibility index (Phi) is 9.68. The summed E-state index contributed by atoms with van der Waals surface area (Å²) in [6.07, 6.45) is 8.39. The topological polar surface area (TPSA) is 144 Å². The molecule has 47 heavy (non-hydrogen) atoms. The number of nitrogens with zero attached hydrogens (tertiary/aromatic N) is 12. The molecule has 0 amide bonds. The lowest BCUT2D eigenvalue weighted by Crippen LogP contribution is -2.20. The van der Waals surface area contributed by atoms with Crippen molar-refractivity contribution in [2.24, 2.45) is 5.73 Å². The fourth-order valence-electron chi connectivity index (χ4n) is 5.29. The highest BCUT2D eigenvalue weighted by Gasteiger charge is 2.15. The summed E-state index contributed by atoms with van der Waals surface area (Å²) >= 11 is 6.16. The molecule has 0 aliphatic rings. The Morgan fingerprint density at radius 1 is 0.638 bits per heavy atom. The minimum absolute atomic E-state index is 0.355. The van der Waals surface area contributed by atoms with Crippen LogP contribution in [0.2, 0.25) is 5.15 Å². The van der Waals surface area contributed by atoms with Crippen LogP contribution >= 0.6 is 11.6 Å². The van der Waals surface area contributed by atoms with E-state index in [4.69, 9.17) is 27.3 Å². The zero-order chi connectivity index (χ0) is 32.9. The van der Waals surface area contributed by atoms with Crippen molar-refractivity contribution in [1.29, 1.82) is 0 Å². The van der Waals surface area contributed by atoms with Gasteiger partial charge in [-0.15, -0.1) is 0 Å². The van der Waals surface area contributed by atoms with Crippen molar-refractivity contribution in [2.75, 3.05) is 47.8 Å². The summed E-state index contributed by atoms with van der Waals surface area (Å²) in [5, 5.41) is 0.355.